The summed E-state index contributed by atoms with van der Waals surface area (Å²) in [6.07, 6.45) is 14.8. The monoisotopic (exact) mass is 374 g/mol. The van der Waals surface area contributed by atoms with Gasteiger partial charge in [-0.25, -0.2) is 4.79 Å². The molecule has 4 heteroatoms. The molecule has 0 saturated heterocycles. The zero-order valence-electron chi connectivity index (χ0n) is 17.1. The molecule has 0 radical (unpaired) electrons. The van der Waals surface area contributed by atoms with Crippen molar-refractivity contribution in [3.8, 4) is 0 Å². The second kappa shape index (κ2) is 13.1. The Bertz CT molecular complexity index is 591. The van der Waals surface area contributed by atoms with Crippen LogP contribution in [0.3, 0.4) is 0 Å². The summed E-state index contributed by atoms with van der Waals surface area (Å²) in [5.74, 6) is -0.780. The Balaban J connectivity index is 2.24. The molecule has 0 heterocycles. The van der Waals surface area contributed by atoms with Crippen molar-refractivity contribution >= 4 is 11.9 Å². The fourth-order valence-electron chi connectivity index (χ4n) is 2.99. The summed E-state index contributed by atoms with van der Waals surface area (Å²) in [5.41, 5.74) is 4.26. The predicted octanol–water partition coefficient (Wildman–Crippen LogP) is 5.46. The van der Waals surface area contributed by atoms with E-state index >= 15 is 0 Å². The van der Waals surface area contributed by atoms with E-state index in [1.54, 1.807) is 0 Å². The fraction of sp³-hybridized carbons (Fsp3) is 0.565. The molecule has 0 bridgehead atoms. The first kappa shape index (κ1) is 22.9. The molecule has 1 aliphatic carbocycles. The van der Waals surface area contributed by atoms with E-state index in [1.165, 1.54) is 16.7 Å². The van der Waals surface area contributed by atoms with E-state index in [0.29, 0.717) is 0 Å². The minimum absolute atomic E-state index is 0.0731. The van der Waals surface area contributed by atoms with Crippen molar-refractivity contribution in [2.24, 2.45) is 5.92 Å². The first-order valence-electron chi connectivity index (χ1n) is 9.85. The summed E-state index contributed by atoms with van der Waals surface area (Å²) >= 11 is 0. The smallest absolute Gasteiger partial charge is 0.330 e. The molecule has 0 aromatic carbocycles. The maximum Gasteiger partial charge on any atom is 0.330 e. The number of ether oxygens (including phenoxy) is 2. The summed E-state index contributed by atoms with van der Waals surface area (Å²) in [6.45, 7) is 9.95. The van der Waals surface area contributed by atoms with Gasteiger partial charge in [-0.1, -0.05) is 41.5 Å². The number of esters is 2. The lowest BCUT2D eigenvalue weighted by Crippen LogP contribution is -2.22. The second-order valence-corrected chi connectivity index (χ2v) is 7.28. The quantitative estimate of drug-likeness (QED) is 0.209. The topological polar surface area (TPSA) is 52.6 Å². The van der Waals surface area contributed by atoms with Gasteiger partial charge in [-0.15, -0.1) is 0 Å². The van der Waals surface area contributed by atoms with Crippen LogP contribution in [0.25, 0.3) is 0 Å². The summed E-state index contributed by atoms with van der Waals surface area (Å²) in [7, 11) is 0. The highest BCUT2D eigenvalue weighted by Gasteiger charge is 2.22. The highest BCUT2D eigenvalue weighted by Crippen LogP contribution is 2.27. The number of hydrogen-bond acceptors (Lipinski definition) is 4. The third-order valence-electron chi connectivity index (χ3n) is 4.63. The molecular weight excluding hydrogens is 340 g/mol. The van der Waals surface area contributed by atoms with Crippen LogP contribution in [0.1, 0.15) is 65.7 Å². The van der Waals surface area contributed by atoms with E-state index in [1.807, 2.05) is 0 Å². The largest absolute Gasteiger partial charge is 0.462 e. The summed E-state index contributed by atoms with van der Waals surface area (Å²) in [4.78, 5) is 23.0. The van der Waals surface area contributed by atoms with Crippen LogP contribution < -0.4 is 0 Å². The van der Waals surface area contributed by atoms with Gasteiger partial charge in [0.25, 0.3) is 0 Å². The van der Waals surface area contributed by atoms with Gasteiger partial charge >= 0.3 is 11.9 Å². The van der Waals surface area contributed by atoms with Gasteiger partial charge in [0.1, 0.15) is 13.2 Å². The van der Waals surface area contributed by atoms with Gasteiger partial charge in [-0.05, 0) is 65.7 Å². The van der Waals surface area contributed by atoms with Crippen LogP contribution in [-0.2, 0) is 19.1 Å². The third kappa shape index (κ3) is 10.6. The molecule has 0 aromatic heterocycles. The number of hydrogen-bond donors (Lipinski definition) is 0. The van der Waals surface area contributed by atoms with Crippen molar-refractivity contribution in [2.45, 2.75) is 65.7 Å². The maximum absolute atomic E-state index is 12.0. The van der Waals surface area contributed by atoms with E-state index in [0.717, 1.165) is 51.0 Å². The molecule has 4 nitrogen and oxygen atoms in total. The molecule has 1 aliphatic rings. The Morgan fingerprint density at radius 2 is 1.89 bits per heavy atom. The van der Waals surface area contributed by atoms with Crippen LogP contribution in [0.5, 0.6) is 0 Å². The normalized spacial score (nSPS) is 16.9. The van der Waals surface area contributed by atoms with Crippen molar-refractivity contribution < 1.29 is 19.1 Å². The Labute approximate surface area is 164 Å². The molecular formula is C23H34O4. The lowest BCUT2D eigenvalue weighted by Gasteiger charge is -2.20. The SMILES string of the molecule is C=CC(=O)OCCOC(=O)C1CC=C(CCC=C(C)CCC=C(C)C)CC1. The van der Waals surface area contributed by atoms with Gasteiger partial charge in [-0.3, -0.25) is 4.79 Å². The second-order valence-electron chi connectivity index (χ2n) is 7.28. The van der Waals surface area contributed by atoms with E-state index < -0.39 is 5.97 Å². The van der Waals surface area contributed by atoms with Crippen molar-refractivity contribution in [1.29, 1.82) is 0 Å². The molecule has 0 N–H and O–H groups in total. The summed E-state index contributed by atoms with van der Waals surface area (Å²) in [6, 6.07) is 0. The Morgan fingerprint density at radius 3 is 2.52 bits per heavy atom. The average Bonchev–Trinajstić information content (AvgIpc) is 2.65. The molecule has 0 amide bonds. The van der Waals surface area contributed by atoms with Gasteiger partial charge in [0.2, 0.25) is 0 Å². The van der Waals surface area contributed by atoms with Gasteiger partial charge in [0, 0.05) is 6.08 Å². The van der Waals surface area contributed by atoms with E-state index in [9.17, 15) is 9.59 Å². The van der Waals surface area contributed by atoms with Gasteiger partial charge in [-0.2, -0.15) is 0 Å². The molecule has 1 atom stereocenters. The van der Waals surface area contributed by atoms with Gasteiger partial charge < -0.3 is 9.47 Å². The number of rotatable bonds is 11. The van der Waals surface area contributed by atoms with E-state index in [-0.39, 0.29) is 25.1 Å². The van der Waals surface area contributed by atoms with Crippen LogP contribution >= 0.6 is 0 Å². The molecule has 0 spiro atoms. The van der Waals surface area contributed by atoms with E-state index in [4.69, 9.17) is 9.47 Å². The predicted molar refractivity (Wildman–Crippen MR) is 109 cm³/mol. The minimum Gasteiger partial charge on any atom is -0.462 e. The Hall–Kier alpha value is -2.10. The zero-order valence-corrected chi connectivity index (χ0v) is 17.1. The maximum atomic E-state index is 12.0. The number of allylic oxidation sites excluding steroid dienone is 6. The van der Waals surface area contributed by atoms with Crippen LogP contribution in [0.4, 0.5) is 0 Å². The van der Waals surface area contributed by atoms with Gasteiger partial charge in [0.05, 0.1) is 5.92 Å². The number of carbonyl (C=O) groups is 2. The van der Waals surface area contributed by atoms with E-state index in [2.05, 4.69) is 45.6 Å². The van der Waals surface area contributed by atoms with Crippen LogP contribution in [0, 0.1) is 5.92 Å². The molecule has 1 unspecified atom stereocenters. The molecule has 0 aliphatic heterocycles. The summed E-state index contributed by atoms with van der Waals surface area (Å²) in [5, 5.41) is 0. The fourth-order valence-corrected chi connectivity index (χ4v) is 2.99. The Kier molecular flexibility index (Phi) is 11.2. The average molecular weight is 375 g/mol. The van der Waals surface area contributed by atoms with Crippen molar-refractivity contribution in [2.75, 3.05) is 13.2 Å². The number of carbonyl (C=O) groups excluding carboxylic acids is 2. The standard InChI is InChI=1S/C23H34O4/c1-5-22(24)26-16-17-27-23(25)21-14-12-20(13-15-21)11-7-10-19(4)9-6-8-18(2)3/h5,8,10,12,21H,1,6-7,9,11,13-17H2,2-4H3. The molecule has 27 heavy (non-hydrogen) atoms. The van der Waals surface area contributed by atoms with Crippen LogP contribution in [0.15, 0.2) is 47.6 Å². The molecule has 150 valence electrons. The van der Waals surface area contributed by atoms with Gasteiger partial charge in [0.15, 0.2) is 0 Å². The van der Waals surface area contributed by atoms with Crippen molar-refractivity contribution in [1.82, 2.24) is 0 Å². The van der Waals surface area contributed by atoms with Crippen LogP contribution in [-0.4, -0.2) is 25.2 Å². The molecule has 0 aromatic rings. The highest BCUT2D eigenvalue weighted by atomic mass is 16.6. The molecule has 0 fully saturated rings. The van der Waals surface area contributed by atoms with Crippen molar-refractivity contribution in [3.05, 3.63) is 47.6 Å². The molecule has 1 rings (SSSR count). The third-order valence-corrected chi connectivity index (χ3v) is 4.63. The summed E-state index contributed by atoms with van der Waals surface area (Å²) < 4.78 is 9.98. The first-order chi connectivity index (χ1) is 12.9. The minimum atomic E-state index is -0.502. The zero-order chi connectivity index (χ0) is 20.1. The highest BCUT2D eigenvalue weighted by molar-refractivity contribution is 5.81. The lowest BCUT2D eigenvalue weighted by molar-refractivity contribution is -0.153. The van der Waals surface area contributed by atoms with Crippen molar-refractivity contribution in [3.63, 3.8) is 0 Å². The first-order valence-corrected chi connectivity index (χ1v) is 9.85. The Morgan fingerprint density at radius 1 is 1.15 bits per heavy atom. The molecule has 0 saturated carbocycles. The lowest BCUT2D eigenvalue weighted by atomic mass is 9.87. The van der Waals surface area contributed by atoms with Crippen LogP contribution in [0.2, 0.25) is 0 Å².